The highest BCUT2D eigenvalue weighted by Crippen LogP contribution is 2.07. The first-order valence-corrected chi connectivity index (χ1v) is 6.99. The van der Waals surface area contributed by atoms with Gasteiger partial charge in [0, 0.05) is 6.54 Å². The average Bonchev–Trinajstić information content (AvgIpc) is 2.35. The van der Waals surface area contributed by atoms with Gasteiger partial charge >= 0.3 is 0 Å². The number of rotatable bonds is 14. The molecule has 17 heavy (non-hydrogen) atoms. The fourth-order valence-electron chi connectivity index (χ4n) is 1.65. The van der Waals surface area contributed by atoms with Crippen LogP contribution >= 0.6 is 0 Å². The van der Waals surface area contributed by atoms with Gasteiger partial charge in [-0.2, -0.15) is 0 Å². The summed E-state index contributed by atoms with van der Waals surface area (Å²) in [7, 11) is 0. The van der Waals surface area contributed by atoms with E-state index < -0.39 is 0 Å². The molecule has 0 aliphatic carbocycles. The van der Waals surface area contributed by atoms with E-state index in [9.17, 15) is 0 Å². The monoisotopic (exact) mass is 243 g/mol. The lowest BCUT2D eigenvalue weighted by Crippen LogP contribution is -2.18. The maximum atomic E-state index is 5.17. The summed E-state index contributed by atoms with van der Waals surface area (Å²) in [6.07, 6.45) is 12.2. The van der Waals surface area contributed by atoms with Crippen LogP contribution < -0.4 is 5.48 Å². The second kappa shape index (κ2) is 15.5. The SMILES string of the molecule is C=COCCONCCCCCCCCCC. The summed E-state index contributed by atoms with van der Waals surface area (Å²) in [5, 5.41) is 0. The molecule has 0 saturated heterocycles. The summed E-state index contributed by atoms with van der Waals surface area (Å²) in [5.41, 5.74) is 2.94. The minimum atomic E-state index is 0.563. The molecule has 0 aromatic heterocycles. The van der Waals surface area contributed by atoms with Crippen molar-refractivity contribution in [2.75, 3.05) is 19.8 Å². The highest BCUT2D eigenvalue weighted by atomic mass is 16.7. The highest BCUT2D eigenvalue weighted by molar-refractivity contribution is 4.48. The molecule has 0 heterocycles. The molecule has 3 heteroatoms. The van der Waals surface area contributed by atoms with Gasteiger partial charge in [0.15, 0.2) is 0 Å². The molecule has 102 valence electrons. The first-order valence-electron chi connectivity index (χ1n) is 6.99. The quantitative estimate of drug-likeness (QED) is 0.286. The molecule has 0 aliphatic rings. The molecular weight excluding hydrogens is 214 g/mol. The van der Waals surface area contributed by atoms with Gasteiger partial charge in [0.05, 0.1) is 6.26 Å². The van der Waals surface area contributed by atoms with Crippen molar-refractivity contribution in [3.8, 4) is 0 Å². The lowest BCUT2D eigenvalue weighted by molar-refractivity contribution is 0.0138. The van der Waals surface area contributed by atoms with Crippen molar-refractivity contribution in [1.29, 1.82) is 0 Å². The summed E-state index contributed by atoms with van der Waals surface area (Å²) < 4.78 is 4.92. The third-order valence-corrected chi connectivity index (χ3v) is 2.66. The van der Waals surface area contributed by atoms with Crippen LogP contribution in [0.3, 0.4) is 0 Å². The van der Waals surface area contributed by atoms with E-state index in [0.717, 1.165) is 6.54 Å². The summed E-state index contributed by atoms with van der Waals surface area (Å²) in [4.78, 5) is 5.17. The Bertz CT molecular complexity index is 151. The third kappa shape index (κ3) is 15.5. The molecule has 0 amide bonds. The van der Waals surface area contributed by atoms with Gasteiger partial charge in [-0.25, -0.2) is 5.48 Å². The van der Waals surface area contributed by atoms with Crippen molar-refractivity contribution in [2.45, 2.75) is 58.3 Å². The largest absolute Gasteiger partial charge is 0.499 e. The van der Waals surface area contributed by atoms with E-state index in [4.69, 9.17) is 9.57 Å². The lowest BCUT2D eigenvalue weighted by atomic mass is 10.1. The second-order valence-electron chi connectivity index (χ2n) is 4.26. The molecule has 0 aliphatic heterocycles. The zero-order valence-corrected chi connectivity index (χ0v) is 11.4. The van der Waals surface area contributed by atoms with Gasteiger partial charge in [-0.3, -0.25) is 4.84 Å². The zero-order valence-electron chi connectivity index (χ0n) is 11.4. The van der Waals surface area contributed by atoms with Crippen molar-refractivity contribution in [3.05, 3.63) is 12.8 Å². The lowest BCUT2D eigenvalue weighted by Gasteiger charge is -2.05. The van der Waals surface area contributed by atoms with Crippen molar-refractivity contribution in [2.24, 2.45) is 0 Å². The Morgan fingerprint density at radius 2 is 1.59 bits per heavy atom. The van der Waals surface area contributed by atoms with Crippen LogP contribution in [0.25, 0.3) is 0 Å². The molecule has 0 saturated carbocycles. The highest BCUT2D eigenvalue weighted by Gasteiger charge is 1.92. The molecule has 0 spiro atoms. The van der Waals surface area contributed by atoms with Gasteiger partial charge in [-0.15, -0.1) is 0 Å². The summed E-state index contributed by atoms with van der Waals surface area (Å²) in [6.45, 7) is 7.78. The van der Waals surface area contributed by atoms with E-state index in [2.05, 4.69) is 19.0 Å². The first-order chi connectivity index (χ1) is 8.41. The summed E-state index contributed by atoms with van der Waals surface area (Å²) in [6, 6.07) is 0. The van der Waals surface area contributed by atoms with E-state index in [-0.39, 0.29) is 0 Å². The molecule has 3 nitrogen and oxygen atoms in total. The predicted octanol–water partition coefficient (Wildman–Crippen LogP) is 3.81. The molecule has 1 N–H and O–H groups in total. The van der Waals surface area contributed by atoms with Crippen LogP contribution in [0, 0.1) is 0 Å². The number of hydrogen-bond donors (Lipinski definition) is 1. The fraction of sp³-hybridized carbons (Fsp3) is 0.857. The smallest absolute Gasteiger partial charge is 0.113 e. The van der Waals surface area contributed by atoms with Crippen LogP contribution in [0.2, 0.25) is 0 Å². The number of hydroxylamine groups is 1. The van der Waals surface area contributed by atoms with Crippen molar-refractivity contribution >= 4 is 0 Å². The molecule has 0 atom stereocenters. The zero-order chi connectivity index (χ0) is 12.6. The Hall–Kier alpha value is -0.540. The second-order valence-corrected chi connectivity index (χ2v) is 4.26. The number of hydrogen-bond acceptors (Lipinski definition) is 3. The van der Waals surface area contributed by atoms with Crippen LogP contribution in [0.1, 0.15) is 58.3 Å². The van der Waals surface area contributed by atoms with Crippen LogP contribution in [0.5, 0.6) is 0 Å². The molecule has 0 aromatic rings. The topological polar surface area (TPSA) is 30.5 Å². The minimum Gasteiger partial charge on any atom is -0.499 e. The normalized spacial score (nSPS) is 10.4. The van der Waals surface area contributed by atoms with Gasteiger partial charge in [0.25, 0.3) is 0 Å². The Morgan fingerprint density at radius 1 is 0.941 bits per heavy atom. The van der Waals surface area contributed by atoms with Crippen LogP contribution in [-0.4, -0.2) is 19.8 Å². The van der Waals surface area contributed by atoms with Crippen LogP contribution in [-0.2, 0) is 9.57 Å². The Labute approximate surface area is 107 Å². The average molecular weight is 243 g/mol. The molecule has 0 rings (SSSR count). The summed E-state index contributed by atoms with van der Waals surface area (Å²) in [5.74, 6) is 0. The van der Waals surface area contributed by atoms with Crippen molar-refractivity contribution < 1.29 is 9.57 Å². The summed E-state index contributed by atoms with van der Waals surface area (Å²) >= 11 is 0. The van der Waals surface area contributed by atoms with E-state index in [1.54, 1.807) is 0 Å². The number of unbranched alkanes of at least 4 members (excludes halogenated alkanes) is 7. The van der Waals surface area contributed by atoms with Gasteiger partial charge in [-0.05, 0) is 6.42 Å². The van der Waals surface area contributed by atoms with Gasteiger partial charge in [-0.1, -0.05) is 58.4 Å². The van der Waals surface area contributed by atoms with Gasteiger partial charge < -0.3 is 4.74 Å². The minimum absolute atomic E-state index is 0.563. The Balaban J connectivity index is 2.87. The standard InChI is InChI=1S/C14H29NO2/c1-3-5-6-7-8-9-10-11-12-15-17-14-13-16-4-2/h4,15H,2-3,5-14H2,1H3. The number of ether oxygens (including phenoxy) is 1. The molecule has 0 aromatic carbocycles. The van der Waals surface area contributed by atoms with Crippen molar-refractivity contribution in [1.82, 2.24) is 5.48 Å². The first kappa shape index (κ1) is 16.5. The maximum absolute atomic E-state index is 5.17. The maximum Gasteiger partial charge on any atom is 0.113 e. The predicted molar refractivity (Wildman–Crippen MR) is 72.7 cm³/mol. The number of nitrogens with one attached hydrogen (secondary N) is 1. The van der Waals surface area contributed by atoms with E-state index in [1.807, 2.05) is 0 Å². The Morgan fingerprint density at radius 3 is 2.24 bits per heavy atom. The van der Waals surface area contributed by atoms with E-state index in [1.165, 1.54) is 57.6 Å². The Kier molecular flexibility index (Phi) is 15.0. The fourth-order valence-corrected chi connectivity index (χ4v) is 1.65. The third-order valence-electron chi connectivity index (χ3n) is 2.66. The van der Waals surface area contributed by atoms with Crippen LogP contribution in [0.4, 0.5) is 0 Å². The molecule has 0 fully saturated rings. The molecule has 0 unspecified atom stereocenters. The van der Waals surface area contributed by atoms with Gasteiger partial charge in [0.2, 0.25) is 0 Å². The van der Waals surface area contributed by atoms with Crippen LogP contribution in [0.15, 0.2) is 12.8 Å². The van der Waals surface area contributed by atoms with Gasteiger partial charge in [0.1, 0.15) is 13.2 Å². The van der Waals surface area contributed by atoms with Crippen molar-refractivity contribution in [3.63, 3.8) is 0 Å². The molecular formula is C14H29NO2. The van der Waals surface area contributed by atoms with E-state index >= 15 is 0 Å². The molecule has 0 bridgehead atoms. The van der Waals surface area contributed by atoms with E-state index in [0.29, 0.717) is 13.2 Å². The molecule has 0 radical (unpaired) electrons.